The highest BCUT2D eigenvalue weighted by Crippen LogP contribution is 2.26. The molecule has 0 saturated heterocycles. The van der Waals surface area contributed by atoms with E-state index in [-0.39, 0.29) is 24.0 Å². The minimum atomic E-state index is 0. The summed E-state index contributed by atoms with van der Waals surface area (Å²) >= 11 is 1.73. The van der Waals surface area contributed by atoms with E-state index in [1.165, 1.54) is 24.3 Å². The second-order valence-electron chi connectivity index (χ2n) is 4.79. The third-order valence-electron chi connectivity index (χ3n) is 3.33. The summed E-state index contributed by atoms with van der Waals surface area (Å²) in [7, 11) is 0. The summed E-state index contributed by atoms with van der Waals surface area (Å²) in [6.07, 6.45) is 5.92. The second-order valence-corrected chi connectivity index (χ2v) is 5.73. The van der Waals surface area contributed by atoms with Gasteiger partial charge in [-0.25, -0.2) is 4.98 Å². The van der Waals surface area contributed by atoms with Gasteiger partial charge < -0.3 is 11.1 Å². The summed E-state index contributed by atoms with van der Waals surface area (Å²) in [4.78, 5) is 8.88. The van der Waals surface area contributed by atoms with Crippen molar-refractivity contribution >= 4 is 41.3 Å². The molecular formula is C13H23IN4S. The number of thiazole rings is 1. The van der Waals surface area contributed by atoms with Crippen molar-refractivity contribution in [2.45, 2.75) is 39.0 Å². The predicted molar refractivity (Wildman–Crippen MR) is 92.4 cm³/mol. The third-order valence-corrected chi connectivity index (χ3v) is 4.38. The van der Waals surface area contributed by atoms with Gasteiger partial charge in [-0.2, -0.15) is 0 Å². The minimum absolute atomic E-state index is 0. The summed E-state index contributed by atoms with van der Waals surface area (Å²) in [5.41, 5.74) is 6.97. The van der Waals surface area contributed by atoms with Crippen LogP contribution in [0.1, 0.15) is 36.9 Å². The number of aryl methyl sites for hydroxylation is 1. The average molecular weight is 394 g/mol. The number of nitrogens with zero attached hydrogens (tertiary/aromatic N) is 2. The van der Waals surface area contributed by atoms with E-state index in [4.69, 9.17) is 5.73 Å². The van der Waals surface area contributed by atoms with Crippen molar-refractivity contribution < 1.29 is 0 Å². The number of nitrogens with one attached hydrogen (secondary N) is 1. The van der Waals surface area contributed by atoms with Gasteiger partial charge in [-0.05, 0) is 25.2 Å². The lowest BCUT2D eigenvalue weighted by molar-refractivity contribution is 0.326. The van der Waals surface area contributed by atoms with Gasteiger partial charge in [0.25, 0.3) is 0 Å². The van der Waals surface area contributed by atoms with Crippen molar-refractivity contribution in [1.82, 2.24) is 10.3 Å². The van der Waals surface area contributed by atoms with E-state index in [2.05, 4.69) is 27.6 Å². The Morgan fingerprint density at radius 1 is 1.58 bits per heavy atom. The third kappa shape index (κ3) is 5.64. The molecule has 0 atom stereocenters. The van der Waals surface area contributed by atoms with Gasteiger partial charge in [0.15, 0.2) is 5.96 Å². The molecule has 0 aromatic carbocycles. The molecule has 6 heteroatoms. The molecule has 2 rings (SSSR count). The van der Waals surface area contributed by atoms with E-state index >= 15 is 0 Å². The molecule has 0 spiro atoms. The van der Waals surface area contributed by atoms with Crippen molar-refractivity contribution in [3.05, 3.63) is 16.1 Å². The Labute approximate surface area is 136 Å². The average Bonchev–Trinajstić information content (AvgIpc) is 2.75. The van der Waals surface area contributed by atoms with Crippen molar-refractivity contribution in [2.24, 2.45) is 16.6 Å². The van der Waals surface area contributed by atoms with Crippen LogP contribution in [-0.2, 0) is 12.8 Å². The SMILES string of the molecule is CCc1nc(CCNC(N)=NCC2CCC2)cs1.I. The van der Waals surface area contributed by atoms with Crippen LogP contribution in [0.15, 0.2) is 10.4 Å². The largest absolute Gasteiger partial charge is 0.370 e. The molecule has 4 nitrogen and oxygen atoms in total. The van der Waals surface area contributed by atoms with Gasteiger partial charge >= 0.3 is 0 Å². The Morgan fingerprint density at radius 2 is 2.37 bits per heavy atom. The monoisotopic (exact) mass is 394 g/mol. The molecular weight excluding hydrogens is 371 g/mol. The van der Waals surface area contributed by atoms with Gasteiger partial charge in [0, 0.05) is 24.9 Å². The van der Waals surface area contributed by atoms with Crippen LogP contribution in [-0.4, -0.2) is 24.0 Å². The molecule has 0 aliphatic heterocycles. The number of aliphatic imine (C=N–C) groups is 1. The fourth-order valence-electron chi connectivity index (χ4n) is 1.90. The normalized spacial score (nSPS) is 15.7. The lowest BCUT2D eigenvalue weighted by Crippen LogP contribution is -2.34. The molecule has 1 saturated carbocycles. The van der Waals surface area contributed by atoms with Crippen LogP contribution >= 0.6 is 35.3 Å². The van der Waals surface area contributed by atoms with Gasteiger partial charge in [-0.1, -0.05) is 13.3 Å². The summed E-state index contributed by atoms with van der Waals surface area (Å²) in [6, 6.07) is 0. The quantitative estimate of drug-likeness (QED) is 0.443. The Morgan fingerprint density at radius 3 is 2.95 bits per heavy atom. The van der Waals surface area contributed by atoms with Gasteiger partial charge in [-0.3, -0.25) is 4.99 Å². The van der Waals surface area contributed by atoms with Crippen LogP contribution in [0.3, 0.4) is 0 Å². The molecule has 1 fully saturated rings. The topological polar surface area (TPSA) is 63.3 Å². The number of rotatable bonds is 6. The van der Waals surface area contributed by atoms with Crippen molar-refractivity contribution in [2.75, 3.05) is 13.1 Å². The van der Waals surface area contributed by atoms with Gasteiger partial charge in [0.2, 0.25) is 0 Å². The molecule has 0 unspecified atom stereocenters. The standard InChI is InChI=1S/C13H22N4S.HI/c1-2-12-17-11(9-18-12)6-7-15-13(14)16-8-10-4-3-5-10;/h9-10H,2-8H2,1H3,(H3,14,15,16);1H. The molecule has 1 aromatic heterocycles. The van der Waals surface area contributed by atoms with E-state index in [0.29, 0.717) is 5.96 Å². The Bertz CT molecular complexity index is 401. The lowest BCUT2D eigenvalue weighted by Gasteiger charge is -2.23. The molecule has 0 bridgehead atoms. The molecule has 0 amide bonds. The Balaban J connectivity index is 0.00000180. The molecule has 1 aliphatic rings. The van der Waals surface area contributed by atoms with E-state index < -0.39 is 0 Å². The summed E-state index contributed by atoms with van der Waals surface area (Å²) < 4.78 is 0. The summed E-state index contributed by atoms with van der Waals surface area (Å²) in [5.74, 6) is 1.35. The van der Waals surface area contributed by atoms with Crippen LogP contribution in [0, 0.1) is 5.92 Å². The highest BCUT2D eigenvalue weighted by atomic mass is 127. The minimum Gasteiger partial charge on any atom is -0.370 e. The number of guanidine groups is 1. The highest BCUT2D eigenvalue weighted by molar-refractivity contribution is 14.0. The fourth-order valence-corrected chi connectivity index (χ4v) is 2.68. The van der Waals surface area contributed by atoms with Gasteiger partial charge in [0.1, 0.15) is 0 Å². The molecule has 0 radical (unpaired) electrons. The number of aromatic nitrogens is 1. The maximum atomic E-state index is 5.82. The van der Waals surface area contributed by atoms with E-state index in [1.54, 1.807) is 11.3 Å². The van der Waals surface area contributed by atoms with E-state index in [9.17, 15) is 0 Å². The summed E-state index contributed by atoms with van der Waals surface area (Å²) in [5, 5.41) is 6.49. The van der Waals surface area contributed by atoms with Crippen molar-refractivity contribution in [3.8, 4) is 0 Å². The van der Waals surface area contributed by atoms with Crippen LogP contribution in [0.5, 0.6) is 0 Å². The number of nitrogens with two attached hydrogens (primary N) is 1. The first kappa shape index (κ1) is 16.7. The molecule has 1 heterocycles. The van der Waals surface area contributed by atoms with E-state index in [1.807, 2.05) is 0 Å². The number of halogens is 1. The van der Waals surface area contributed by atoms with Crippen molar-refractivity contribution in [1.29, 1.82) is 0 Å². The van der Waals surface area contributed by atoms with Crippen molar-refractivity contribution in [3.63, 3.8) is 0 Å². The van der Waals surface area contributed by atoms with Crippen LogP contribution in [0.25, 0.3) is 0 Å². The first-order chi connectivity index (χ1) is 8.78. The number of hydrogen-bond acceptors (Lipinski definition) is 3. The molecule has 19 heavy (non-hydrogen) atoms. The summed E-state index contributed by atoms with van der Waals surface area (Å²) in [6.45, 7) is 3.83. The number of hydrogen-bond donors (Lipinski definition) is 2. The van der Waals surface area contributed by atoms with E-state index in [0.717, 1.165) is 37.5 Å². The first-order valence-electron chi connectivity index (χ1n) is 6.75. The van der Waals surface area contributed by atoms with Gasteiger partial charge in [0.05, 0.1) is 10.7 Å². The zero-order valence-corrected chi connectivity index (χ0v) is 14.5. The van der Waals surface area contributed by atoms with Gasteiger partial charge in [-0.15, -0.1) is 35.3 Å². The lowest BCUT2D eigenvalue weighted by atomic mass is 9.86. The maximum absolute atomic E-state index is 5.82. The molecule has 1 aromatic rings. The highest BCUT2D eigenvalue weighted by Gasteiger charge is 2.16. The van der Waals surface area contributed by atoms with Crippen LogP contribution in [0.2, 0.25) is 0 Å². The van der Waals surface area contributed by atoms with Crippen LogP contribution < -0.4 is 11.1 Å². The smallest absolute Gasteiger partial charge is 0.188 e. The zero-order chi connectivity index (χ0) is 12.8. The second kappa shape index (κ2) is 8.73. The zero-order valence-electron chi connectivity index (χ0n) is 11.4. The fraction of sp³-hybridized carbons (Fsp3) is 0.692. The molecule has 3 N–H and O–H groups in total. The molecule has 1 aliphatic carbocycles. The predicted octanol–water partition coefficient (Wildman–Crippen LogP) is 2.57. The molecule has 108 valence electrons. The maximum Gasteiger partial charge on any atom is 0.188 e. The Kier molecular flexibility index (Phi) is 7.67. The van der Waals surface area contributed by atoms with Crippen LogP contribution in [0.4, 0.5) is 0 Å². The first-order valence-corrected chi connectivity index (χ1v) is 7.63. The Hall–Kier alpha value is -0.370.